The Morgan fingerprint density at radius 3 is 2.64 bits per heavy atom. The van der Waals surface area contributed by atoms with E-state index in [4.69, 9.17) is 10.5 Å². The van der Waals surface area contributed by atoms with Crippen molar-refractivity contribution in [1.29, 1.82) is 0 Å². The van der Waals surface area contributed by atoms with Gasteiger partial charge in [-0.2, -0.15) is 0 Å². The van der Waals surface area contributed by atoms with E-state index in [2.05, 4.69) is 5.32 Å². The molecule has 82 valence electrons. The van der Waals surface area contributed by atoms with Crippen molar-refractivity contribution in [3.63, 3.8) is 0 Å². The number of rotatable bonds is 1. The van der Waals surface area contributed by atoms with Gasteiger partial charge < -0.3 is 15.8 Å². The molecule has 14 heavy (non-hydrogen) atoms. The first-order valence-corrected chi connectivity index (χ1v) is 4.82. The Morgan fingerprint density at radius 1 is 1.43 bits per heavy atom. The highest BCUT2D eigenvalue weighted by Gasteiger charge is 2.46. The van der Waals surface area contributed by atoms with Crippen molar-refractivity contribution in [1.82, 2.24) is 5.32 Å². The molecule has 2 rings (SSSR count). The fraction of sp³-hybridized carbons (Fsp3) is 0.889. The summed E-state index contributed by atoms with van der Waals surface area (Å²) in [6, 6.07) is 0. The summed E-state index contributed by atoms with van der Waals surface area (Å²) in [5, 5.41) is 3.26. The van der Waals surface area contributed by atoms with Crippen LogP contribution in [0.5, 0.6) is 0 Å². The van der Waals surface area contributed by atoms with Crippen molar-refractivity contribution in [3.8, 4) is 0 Å². The molecule has 4 nitrogen and oxygen atoms in total. The summed E-state index contributed by atoms with van der Waals surface area (Å²) >= 11 is 0. The van der Waals surface area contributed by atoms with Crippen LogP contribution in [0.15, 0.2) is 0 Å². The number of nitrogens with one attached hydrogen (secondary N) is 1. The lowest BCUT2D eigenvalue weighted by Crippen LogP contribution is -2.42. The molecule has 1 spiro atoms. The molecule has 5 heteroatoms. The molecule has 1 amide bonds. The fourth-order valence-electron chi connectivity index (χ4n) is 2.51. The number of carbonyl (C=O) groups is 1. The fourth-order valence-corrected chi connectivity index (χ4v) is 2.51. The average Bonchev–Trinajstić information content (AvgIpc) is 2.50. The Balaban J connectivity index is 0.000000980. The molecule has 0 aliphatic carbocycles. The highest BCUT2D eigenvalue weighted by Crippen LogP contribution is 2.40. The van der Waals surface area contributed by atoms with E-state index in [1.54, 1.807) is 0 Å². The lowest BCUT2D eigenvalue weighted by Gasteiger charge is -2.36. The van der Waals surface area contributed by atoms with Crippen LogP contribution in [0.3, 0.4) is 0 Å². The first-order chi connectivity index (χ1) is 6.25. The summed E-state index contributed by atoms with van der Waals surface area (Å²) in [5.74, 6) is -0.150. The molecule has 2 aliphatic rings. The number of nitrogens with two attached hydrogens (primary N) is 1. The van der Waals surface area contributed by atoms with Crippen LogP contribution in [-0.2, 0) is 9.53 Å². The standard InChI is InChI=1S/C9H16N2O2.ClH/c10-8(12)7-5-11-6-9(7)1-3-13-4-2-9;/h7,11H,1-6H2,(H2,10,12);1H. The molecule has 0 saturated carbocycles. The molecule has 1 unspecified atom stereocenters. The number of hydrogen-bond donors (Lipinski definition) is 2. The van der Waals surface area contributed by atoms with Crippen LogP contribution in [0, 0.1) is 11.3 Å². The zero-order valence-corrected chi connectivity index (χ0v) is 8.94. The zero-order valence-electron chi connectivity index (χ0n) is 8.12. The number of carbonyl (C=O) groups excluding carboxylic acids is 1. The van der Waals surface area contributed by atoms with Gasteiger partial charge in [0.05, 0.1) is 5.92 Å². The quantitative estimate of drug-likeness (QED) is 0.649. The summed E-state index contributed by atoms with van der Waals surface area (Å²) in [6.45, 7) is 3.20. The summed E-state index contributed by atoms with van der Waals surface area (Å²) in [6.07, 6.45) is 1.93. The monoisotopic (exact) mass is 220 g/mol. The number of amides is 1. The average molecular weight is 221 g/mol. The second-order valence-electron chi connectivity index (χ2n) is 4.06. The van der Waals surface area contributed by atoms with E-state index in [1.165, 1.54) is 0 Å². The van der Waals surface area contributed by atoms with Gasteiger partial charge in [-0.1, -0.05) is 0 Å². The summed E-state index contributed by atoms with van der Waals surface area (Å²) < 4.78 is 5.30. The zero-order chi connectivity index (χ0) is 9.31. The molecule has 0 aromatic rings. The molecule has 0 aromatic heterocycles. The van der Waals surface area contributed by atoms with E-state index in [0.717, 1.165) is 39.1 Å². The predicted molar refractivity (Wildman–Crippen MR) is 55.3 cm³/mol. The van der Waals surface area contributed by atoms with E-state index in [0.29, 0.717) is 0 Å². The van der Waals surface area contributed by atoms with E-state index >= 15 is 0 Å². The molecule has 2 saturated heterocycles. The van der Waals surface area contributed by atoms with Crippen LogP contribution in [0.1, 0.15) is 12.8 Å². The van der Waals surface area contributed by atoms with E-state index in [-0.39, 0.29) is 29.6 Å². The maximum Gasteiger partial charge on any atom is 0.222 e. The van der Waals surface area contributed by atoms with Crippen molar-refractivity contribution >= 4 is 18.3 Å². The van der Waals surface area contributed by atoms with Crippen molar-refractivity contribution in [2.24, 2.45) is 17.1 Å². The van der Waals surface area contributed by atoms with E-state index in [9.17, 15) is 4.79 Å². The van der Waals surface area contributed by atoms with Gasteiger partial charge in [0.2, 0.25) is 5.91 Å². The smallest absolute Gasteiger partial charge is 0.222 e. The van der Waals surface area contributed by atoms with Gasteiger partial charge in [0, 0.05) is 26.3 Å². The molecule has 2 heterocycles. The molecular weight excluding hydrogens is 204 g/mol. The third kappa shape index (κ3) is 1.87. The van der Waals surface area contributed by atoms with Crippen molar-refractivity contribution in [3.05, 3.63) is 0 Å². The minimum absolute atomic E-state index is 0. The van der Waals surface area contributed by atoms with Crippen LogP contribution in [0.4, 0.5) is 0 Å². The molecule has 2 fully saturated rings. The third-order valence-electron chi connectivity index (χ3n) is 3.40. The van der Waals surface area contributed by atoms with Gasteiger partial charge in [-0.15, -0.1) is 12.4 Å². The highest BCUT2D eigenvalue weighted by molar-refractivity contribution is 5.85. The Bertz CT molecular complexity index is 217. The van der Waals surface area contributed by atoms with E-state index < -0.39 is 0 Å². The first-order valence-electron chi connectivity index (χ1n) is 4.82. The van der Waals surface area contributed by atoms with Crippen LogP contribution in [0.2, 0.25) is 0 Å². The highest BCUT2D eigenvalue weighted by atomic mass is 35.5. The first kappa shape index (κ1) is 11.8. The van der Waals surface area contributed by atoms with Crippen LogP contribution >= 0.6 is 12.4 Å². The van der Waals surface area contributed by atoms with Crippen molar-refractivity contribution in [2.45, 2.75) is 12.8 Å². The Kier molecular flexibility index (Phi) is 3.75. The minimum Gasteiger partial charge on any atom is -0.381 e. The Morgan fingerprint density at radius 2 is 2.07 bits per heavy atom. The lowest BCUT2D eigenvalue weighted by atomic mass is 9.72. The minimum atomic E-state index is -0.160. The van der Waals surface area contributed by atoms with Crippen LogP contribution in [0.25, 0.3) is 0 Å². The molecule has 0 aromatic carbocycles. The molecule has 0 bridgehead atoms. The summed E-state index contributed by atoms with van der Waals surface area (Å²) in [7, 11) is 0. The van der Waals surface area contributed by atoms with Crippen molar-refractivity contribution < 1.29 is 9.53 Å². The maximum absolute atomic E-state index is 11.2. The second-order valence-corrected chi connectivity index (χ2v) is 4.06. The normalized spacial score (nSPS) is 29.9. The SMILES string of the molecule is Cl.NC(=O)C1CNCC12CCOCC2. The summed E-state index contributed by atoms with van der Waals surface area (Å²) in [4.78, 5) is 11.2. The molecule has 3 N–H and O–H groups in total. The van der Waals surface area contributed by atoms with Gasteiger partial charge in [0.15, 0.2) is 0 Å². The van der Waals surface area contributed by atoms with Gasteiger partial charge in [-0.25, -0.2) is 0 Å². The largest absolute Gasteiger partial charge is 0.381 e. The number of ether oxygens (including phenoxy) is 1. The van der Waals surface area contributed by atoms with Gasteiger partial charge in [0.25, 0.3) is 0 Å². The number of halogens is 1. The topological polar surface area (TPSA) is 64.4 Å². The molecule has 0 radical (unpaired) electrons. The van der Waals surface area contributed by atoms with Crippen LogP contribution in [-0.4, -0.2) is 32.2 Å². The van der Waals surface area contributed by atoms with Gasteiger partial charge in [-0.05, 0) is 18.3 Å². The lowest BCUT2D eigenvalue weighted by molar-refractivity contribution is -0.126. The molecular formula is C9H17ClN2O2. The van der Waals surface area contributed by atoms with Gasteiger partial charge >= 0.3 is 0 Å². The van der Waals surface area contributed by atoms with Crippen LogP contribution < -0.4 is 11.1 Å². The Labute approximate surface area is 90.0 Å². The Hall–Kier alpha value is -0.320. The maximum atomic E-state index is 11.2. The molecule has 1 atom stereocenters. The van der Waals surface area contributed by atoms with E-state index in [1.807, 2.05) is 0 Å². The number of hydrogen-bond acceptors (Lipinski definition) is 3. The number of primary amides is 1. The van der Waals surface area contributed by atoms with Gasteiger partial charge in [0.1, 0.15) is 0 Å². The second kappa shape index (κ2) is 4.47. The third-order valence-corrected chi connectivity index (χ3v) is 3.40. The molecule has 2 aliphatic heterocycles. The van der Waals surface area contributed by atoms with Crippen molar-refractivity contribution in [2.75, 3.05) is 26.3 Å². The van der Waals surface area contributed by atoms with Gasteiger partial charge in [-0.3, -0.25) is 4.79 Å². The predicted octanol–water partition coefficient (Wildman–Crippen LogP) is -0.0903. The summed E-state index contributed by atoms with van der Waals surface area (Å²) in [5.41, 5.74) is 5.48.